The van der Waals surface area contributed by atoms with Crippen LogP contribution in [0.1, 0.15) is 25.0 Å². The maximum Gasteiger partial charge on any atom is 0.270 e. The number of pyridine rings is 1. The lowest BCUT2D eigenvalue weighted by molar-refractivity contribution is -0.384. The number of aryl methyl sites for hydroxylation is 1. The summed E-state index contributed by atoms with van der Waals surface area (Å²) in [6, 6.07) is 6.49. The number of nitrogens with zero attached hydrogens (tertiary/aromatic N) is 2. The Morgan fingerprint density at radius 1 is 1.43 bits per heavy atom. The van der Waals surface area contributed by atoms with Gasteiger partial charge >= 0.3 is 0 Å². The molecule has 1 aromatic carbocycles. The summed E-state index contributed by atoms with van der Waals surface area (Å²) in [5.41, 5.74) is 1.72. The second-order valence-corrected chi connectivity index (χ2v) is 5.70. The molecule has 2 aromatic rings. The van der Waals surface area contributed by atoms with E-state index >= 15 is 0 Å². The molecular formula is C15H17N3O3. The quantitative estimate of drug-likeness (QED) is 0.666. The summed E-state index contributed by atoms with van der Waals surface area (Å²) >= 11 is 0. The number of nitrogens with one attached hydrogen (secondary N) is 1. The van der Waals surface area contributed by atoms with E-state index in [2.05, 4.69) is 10.3 Å². The summed E-state index contributed by atoms with van der Waals surface area (Å²) in [4.78, 5) is 14.9. The highest BCUT2D eigenvalue weighted by Crippen LogP contribution is 2.33. The molecule has 1 heterocycles. The third kappa shape index (κ3) is 2.67. The van der Waals surface area contributed by atoms with Crippen LogP contribution in [0.3, 0.4) is 0 Å². The fraction of sp³-hybridized carbons (Fsp3) is 0.400. The predicted octanol–water partition coefficient (Wildman–Crippen LogP) is 2.78. The van der Waals surface area contributed by atoms with Crippen molar-refractivity contribution in [3.05, 3.63) is 40.1 Å². The Kier molecular flexibility index (Phi) is 3.25. The van der Waals surface area contributed by atoms with Crippen LogP contribution in [0.4, 0.5) is 11.4 Å². The normalized spacial score (nSPS) is 16.5. The van der Waals surface area contributed by atoms with Crippen LogP contribution in [0.2, 0.25) is 0 Å². The van der Waals surface area contributed by atoms with E-state index in [1.165, 1.54) is 12.1 Å². The predicted molar refractivity (Wildman–Crippen MR) is 80.4 cm³/mol. The van der Waals surface area contributed by atoms with Crippen LogP contribution >= 0.6 is 0 Å². The molecule has 0 saturated heterocycles. The molecule has 3 rings (SSSR count). The number of aromatic nitrogens is 1. The lowest BCUT2D eigenvalue weighted by atomic mass is 9.80. The maximum absolute atomic E-state index is 10.9. The van der Waals surface area contributed by atoms with Crippen molar-refractivity contribution in [3.8, 4) is 0 Å². The van der Waals surface area contributed by atoms with Crippen LogP contribution in [0, 0.1) is 17.0 Å². The highest BCUT2D eigenvalue weighted by Gasteiger charge is 2.34. The molecule has 6 nitrogen and oxygen atoms in total. The zero-order valence-electron chi connectivity index (χ0n) is 11.8. The smallest absolute Gasteiger partial charge is 0.270 e. The van der Waals surface area contributed by atoms with E-state index in [-0.39, 0.29) is 5.69 Å². The summed E-state index contributed by atoms with van der Waals surface area (Å²) in [6.45, 7) is 2.33. The molecule has 1 aliphatic rings. The van der Waals surface area contributed by atoms with E-state index < -0.39 is 10.5 Å². The number of rotatable bonds is 4. The lowest BCUT2D eigenvalue weighted by Crippen LogP contribution is -2.43. The molecule has 0 spiro atoms. The van der Waals surface area contributed by atoms with Crippen LogP contribution in [-0.2, 0) is 0 Å². The Hall–Kier alpha value is -2.21. The van der Waals surface area contributed by atoms with Gasteiger partial charge < -0.3 is 10.4 Å². The molecular weight excluding hydrogens is 270 g/mol. The molecule has 6 heteroatoms. The molecule has 1 aromatic heterocycles. The molecule has 0 unspecified atom stereocenters. The minimum atomic E-state index is -0.649. The minimum absolute atomic E-state index is 0.0403. The fourth-order valence-electron chi connectivity index (χ4n) is 2.63. The molecule has 0 amide bonds. The van der Waals surface area contributed by atoms with Crippen molar-refractivity contribution in [3.63, 3.8) is 0 Å². The molecule has 2 N–H and O–H groups in total. The number of benzene rings is 1. The Morgan fingerprint density at radius 3 is 2.81 bits per heavy atom. The summed E-state index contributed by atoms with van der Waals surface area (Å²) in [5.74, 6) is 0. The van der Waals surface area contributed by atoms with Crippen molar-refractivity contribution in [2.45, 2.75) is 31.8 Å². The van der Waals surface area contributed by atoms with Crippen molar-refractivity contribution >= 4 is 22.3 Å². The van der Waals surface area contributed by atoms with Crippen LogP contribution in [-0.4, -0.2) is 27.2 Å². The lowest BCUT2D eigenvalue weighted by Gasteiger charge is -2.37. The number of fused-ring (bicyclic) bond motifs is 1. The standard InChI is InChI=1S/C15H17N3O3/c1-10-7-14(16-9-15(19)5-2-6-15)12-8-11(18(20)21)3-4-13(12)17-10/h3-4,7-8,19H,2,5-6,9H2,1H3,(H,16,17). The number of nitro benzene ring substituents is 1. The summed E-state index contributed by atoms with van der Waals surface area (Å²) < 4.78 is 0. The van der Waals surface area contributed by atoms with Gasteiger partial charge in [0.2, 0.25) is 0 Å². The molecule has 0 aliphatic heterocycles. The fourth-order valence-corrected chi connectivity index (χ4v) is 2.63. The molecule has 21 heavy (non-hydrogen) atoms. The van der Waals surface area contributed by atoms with E-state index in [9.17, 15) is 15.2 Å². The van der Waals surface area contributed by atoms with E-state index in [0.29, 0.717) is 17.4 Å². The first-order chi connectivity index (χ1) is 9.97. The molecule has 110 valence electrons. The van der Waals surface area contributed by atoms with Crippen molar-refractivity contribution in [2.24, 2.45) is 0 Å². The largest absolute Gasteiger partial charge is 0.388 e. The molecule has 1 fully saturated rings. The summed E-state index contributed by atoms with van der Waals surface area (Å²) in [7, 11) is 0. The zero-order valence-corrected chi connectivity index (χ0v) is 11.8. The molecule has 1 aliphatic carbocycles. The number of aliphatic hydroxyl groups is 1. The number of hydrogen-bond acceptors (Lipinski definition) is 5. The molecule has 0 radical (unpaired) electrons. The SMILES string of the molecule is Cc1cc(NCC2(O)CCC2)c2cc([N+](=O)[O-])ccc2n1. The average Bonchev–Trinajstić information content (AvgIpc) is 2.42. The van der Waals surface area contributed by atoms with Gasteiger partial charge in [0.1, 0.15) is 0 Å². The summed E-state index contributed by atoms with van der Waals surface area (Å²) in [6.07, 6.45) is 2.63. The Labute approximate surface area is 122 Å². The molecule has 1 saturated carbocycles. The van der Waals surface area contributed by atoms with Gasteiger partial charge in [-0.05, 0) is 38.3 Å². The number of anilines is 1. The Morgan fingerprint density at radius 2 is 2.19 bits per heavy atom. The second-order valence-electron chi connectivity index (χ2n) is 5.70. The maximum atomic E-state index is 10.9. The van der Waals surface area contributed by atoms with Crippen LogP contribution in [0.15, 0.2) is 24.3 Å². The third-order valence-corrected chi connectivity index (χ3v) is 4.02. The highest BCUT2D eigenvalue weighted by atomic mass is 16.6. The van der Waals surface area contributed by atoms with Gasteiger partial charge in [-0.15, -0.1) is 0 Å². The van der Waals surface area contributed by atoms with Gasteiger partial charge in [0.25, 0.3) is 5.69 Å². The van der Waals surface area contributed by atoms with E-state index in [0.717, 1.165) is 30.6 Å². The van der Waals surface area contributed by atoms with Crippen LogP contribution < -0.4 is 5.32 Å². The topological polar surface area (TPSA) is 88.3 Å². The number of hydrogen-bond donors (Lipinski definition) is 2. The molecule has 0 atom stereocenters. The van der Waals surface area contributed by atoms with Crippen molar-refractivity contribution in [1.82, 2.24) is 4.98 Å². The van der Waals surface area contributed by atoms with Gasteiger partial charge in [-0.3, -0.25) is 15.1 Å². The van der Waals surface area contributed by atoms with Crippen LogP contribution in [0.25, 0.3) is 10.9 Å². The van der Waals surface area contributed by atoms with Gasteiger partial charge in [-0.2, -0.15) is 0 Å². The average molecular weight is 287 g/mol. The van der Waals surface area contributed by atoms with Gasteiger partial charge in [0.15, 0.2) is 0 Å². The third-order valence-electron chi connectivity index (χ3n) is 4.02. The van der Waals surface area contributed by atoms with Crippen molar-refractivity contribution in [1.29, 1.82) is 0 Å². The highest BCUT2D eigenvalue weighted by molar-refractivity contribution is 5.93. The first-order valence-electron chi connectivity index (χ1n) is 6.99. The Bertz CT molecular complexity index is 711. The number of nitro groups is 1. The van der Waals surface area contributed by atoms with Gasteiger partial charge in [-0.1, -0.05) is 0 Å². The summed E-state index contributed by atoms with van der Waals surface area (Å²) in [5, 5.41) is 25.0. The van der Waals surface area contributed by atoms with Crippen LogP contribution in [0.5, 0.6) is 0 Å². The van der Waals surface area contributed by atoms with Gasteiger partial charge in [0.05, 0.1) is 16.0 Å². The Balaban J connectivity index is 1.98. The van der Waals surface area contributed by atoms with Gasteiger partial charge in [-0.25, -0.2) is 0 Å². The van der Waals surface area contributed by atoms with E-state index in [1.54, 1.807) is 6.07 Å². The second kappa shape index (κ2) is 4.96. The van der Waals surface area contributed by atoms with E-state index in [4.69, 9.17) is 0 Å². The number of non-ortho nitro benzene ring substituents is 1. The van der Waals surface area contributed by atoms with E-state index in [1.807, 2.05) is 13.0 Å². The minimum Gasteiger partial charge on any atom is -0.388 e. The van der Waals surface area contributed by atoms with Crippen molar-refractivity contribution < 1.29 is 10.0 Å². The zero-order chi connectivity index (χ0) is 15.0. The first-order valence-corrected chi connectivity index (χ1v) is 6.99. The van der Waals surface area contributed by atoms with Gasteiger partial charge in [0, 0.05) is 35.4 Å². The molecule has 0 bridgehead atoms. The first kappa shape index (κ1) is 13.8. The monoisotopic (exact) mass is 287 g/mol. The van der Waals surface area contributed by atoms with Crippen molar-refractivity contribution in [2.75, 3.05) is 11.9 Å².